The molecule has 0 heterocycles. The summed E-state index contributed by atoms with van der Waals surface area (Å²) in [5, 5.41) is 19.6. The molecule has 0 saturated carbocycles. The number of aliphatic hydroxyl groups is 2. The largest absolute Gasteiger partial charge is 0.460 e. The van der Waals surface area contributed by atoms with Gasteiger partial charge in [-0.15, -0.1) is 0 Å². The van der Waals surface area contributed by atoms with E-state index in [2.05, 4.69) is 0 Å². The third-order valence-corrected chi connectivity index (χ3v) is 2.65. The molecule has 1 aromatic rings. The average Bonchev–Trinajstić information content (AvgIpc) is 2.35. The molecule has 21 heavy (non-hydrogen) atoms. The number of carbonyl (C=O) groups excluding carboxylic acids is 1. The van der Waals surface area contributed by atoms with Crippen LogP contribution in [-0.2, 0) is 9.53 Å². The second kappa shape index (κ2) is 7.96. The van der Waals surface area contributed by atoms with Crippen LogP contribution in [0.15, 0.2) is 36.4 Å². The van der Waals surface area contributed by atoms with Gasteiger partial charge in [-0.05, 0) is 26.3 Å². The summed E-state index contributed by atoms with van der Waals surface area (Å²) in [6.07, 6.45) is 1.65. The molecule has 2 N–H and O–H groups in total. The molecule has 4 nitrogen and oxygen atoms in total. The van der Waals surface area contributed by atoms with Crippen LogP contribution in [-0.4, -0.2) is 34.0 Å². The third kappa shape index (κ3) is 8.27. The molecule has 0 spiro atoms. The fourth-order valence-corrected chi connectivity index (χ4v) is 1.80. The molecular weight excluding hydrogens is 268 g/mol. The van der Waals surface area contributed by atoms with Gasteiger partial charge in [0, 0.05) is 6.42 Å². The van der Waals surface area contributed by atoms with E-state index in [1.165, 1.54) is 0 Å². The SMILES string of the molecule is CC(C)(C)OC(=O)CC(O)CC(O)C=Cc1ccccc1. The van der Waals surface area contributed by atoms with Crippen molar-refractivity contribution >= 4 is 12.0 Å². The van der Waals surface area contributed by atoms with Gasteiger partial charge in [-0.1, -0.05) is 42.5 Å². The lowest BCUT2D eigenvalue weighted by Crippen LogP contribution is -2.27. The summed E-state index contributed by atoms with van der Waals surface area (Å²) in [5.74, 6) is -0.464. The monoisotopic (exact) mass is 292 g/mol. The highest BCUT2D eigenvalue weighted by Gasteiger charge is 2.20. The van der Waals surface area contributed by atoms with Gasteiger partial charge in [0.2, 0.25) is 0 Å². The zero-order chi connectivity index (χ0) is 15.9. The summed E-state index contributed by atoms with van der Waals surface area (Å²) in [4.78, 5) is 11.5. The Morgan fingerprint density at radius 2 is 1.86 bits per heavy atom. The Labute approximate surface area is 126 Å². The van der Waals surface area contributed by atoms with Gasteiger partial charge in [-0.2, -0.15) is 0 Å². The summed E-state index contributed by atoms with van der Waals surface area (Å²) < 4.78 is 5.12. The molecule has 1 rings (SSSR count). The molecule has 4 heteroatoms. The maximum atomic E-state index is 11.5. The van der Waals surface area contributed by atoms with Gasteiger partial charge in [0.15, 0.2) is 0 Å². The lowest BCUT2D eigenvalue weighted by Gasteiger charge is -2.21. The lowest BCUT2D eigenvalue weighted by atomic mass is 10.1. The minimum Gasteiger partial charge on any atom is -0.460 e. The highest BCUT2D eigenvalue weighted by Crippen LogP contribution is 2.12. The van der Waals surface area contributed by atoms with Crippen LogP contribution >= 0.6 is 0 Å². The van der Waals surface area contributed by atoms with Crippen LogP contribution in [0.25, 0.3) is 6.08 Å². The molecule has 0 aliphatic rings. The van der Waals surface area contributed by atoms with Gasteiger partial charge in [-0.3, -0.25) is 4.79 Å². The van der Waals surface area contributed by atoms with Crippen LogP contribution in [0.3, 0.4) is 0 Å². The Morgan fingerprint density at radius 1 is 1.24 bits per heavy atom. The van der Waals surface area contributed by atoms with E-state index in [1.807, 2.05) is 30.3 Å². The van der Waals surface area contributed by atoms with E-state index in [0.29, 0.717) is 0 Å². The molecule has 0 aliphatic carbocycles. The number of aliphatic hydroxyl groups excluding tert-OH is 2. The molecule has 2 atom stereocenters. The van der Waals surface area contributed by atoms with Crippen molar-refractivity contribution in [3.05, 3.63) is 42.0 Å². The molecule has 0 bridgehead atoms. The summed E-state index contributed by atoms with van der Waals surface area (Å²) in [5.41, 5.74) is 0.404. The molecule has 0 saturated heterocycles. The first-order valence-corrected chi connectivity index (χ1v) is 7.07. The molecule has 0 aliphatic heterocycles. The van der Waals surface area contributed by atoms with E-state index >= 15 is 0 Å². The van der Waals surface area contributed by atoms with E-state index < -0.39 is 23.8 Å². The number of hydrogen-bond acceptors (Lipinski definition) is 4. The Hall–Kier alpha value is -1.65. The van der Waals surface area contributed by atoms with Crippen LogP contribution in [0, 0.1) is 0 Å². The first-order valence-electron chi connectivity index (χ1n) is 7.07. The molecule has 1 aromatic carbocycles. The van der Waals surface area contributed by atoms with Crippen LogP contribution in [0.5, 0.6) is 0 Å². The number of ether oxygens (including phenoxy) is 1. The fraction of sp³-hybridized carbons (Fsp3) is 0.471. The highest BCUT2D eigenvalue weighted by molar-refractivity contribution is 5.70. The van der Waals surface area contributed by atoms with Crippen LogP contribution in [0.1, 0.15) is 39.2 Å². The molecular formula is C17H24O4. The van der Waals surface area contributed by atoms with E-state index in [4.69, 9.17) is 4.74 Å². The predicted octanol–water partition coefficient (Wildman–Crippen LogP) is 2.54. The highest BCUT2D eigenvalue weighted by atomic mass is 16.6. The second-order valence-electron chi connectivity index (χ2n) is 6.02. The maximum absolute atomic E-state index is 11.5. The number of rotatable bonds is 6. The third-order valence-electron chi connectivity index (χ3n) is 2.65. The van der Waals surface area contributed by atoms with Crippen molar-refractivity contribution in [2.75, 3.05) is 0 Å². The molecule has 0 aromatic heterocycles. The molecule has 116 valence electrons. The van der Waals surface area contributed by atoms with Gasteiger partial charge in [-0.25, -0.2) is 0 Å². The zero-order valence-corrected chi connectivity index (χ0v) is 12.8. The van der Waals surface area contributed by atoms with Crippen molar-refractivity contribution < 1.29 is 19.7 Å². The van der Waals surface area contributed by atoms with Crippen LogP contribution in [0.4, 0.5) is 0 Å². The topological polar surface area (TPSA) is 66.8 Å². The van der Waals surface area contributed by atoms with Gasteiger partial charge in [0.05, 0.1) is 18.6 Å². The maximum Gasteiger partial charge on any atom is 0.308 e. The summed E-state index contributed by atoms with van der Waals surface area (Å²) >= 11 is 0. The number of hydrogen-bond donors (Lipinski definition) is 2. The van der Waals surface area contributed by atoms with Crippen molar-refractivity contribution in [3.63, 3.8) is 0 Å². The zero-order valence-electron chi connectivity index (χ0n) is 12.8. The van der Waals surface area contributed by atoms with E-state index in [9.17, 15) is 15.0 Å². The first kappa shape index (κ1) is 17.4. The van der Waals surface area contributed by atoms with Crippen LogP contribution < -0.4 is 0 Å². The van der Waals surface area contributed by atoms with Crippen molar-refractivity contribution in [2.24, 2.45) is 0 Å². The van der Waals surface area contributed by atoms with Gasteiger partial charge >= 0.3 is 5.97 Å². The van der Waals surface area contributed by atoms with Gasteiger partial charge < -0.3 is 14.9 Å². The van der Waals surface area contributed by atoms with E-state index in [-0.39, 0.29) is 12.8 Å². The second-order valence-corrected chi connectivity index (χ2v) is 6.02. The minimum atomic E-state index is -0.921. The number of carbonyl (C=O) groups is 1. The summed E-state index contributed by atoms with van der Waals surface area (Å²) in [6, 6.07) is 9.56. The number of benzene rings is 1. The molecule has 0 amide bonds. The summed E-state index contributed by atoms with van der Waals surface area (Å²) in [6.45, 7) is 5.32. The number of esters is 1. The van der Waals surface area contributed by atoms with Crippen molar-refractivity contribution in [1.82, 2.24) is 0 Å². The summed E-state index contributed by atoms with van der Waals surface area (Å²) in [7, 11) is 0. The standard InChI is InChI=1S/C17H24O4/c1-17(2,3)21-16(20)12-15(19)11-14(18)10-9-13-7-5-4-6-8-13/h4-10,14-15,18-19H,11-12H2,1-3H3. The predicted molar refractivity (Wildman–Crippen MR) is 82.6 cm³/mol. The molecule has 2 unspecified atom stereocenters. The van der Waals surface area contributed by atoms with Gasteiger partial charge in [0.1, 0.15) is 5.60 Å². The lowest BCUT2D eigenvalue weighted by molar-refractivity contribution is -0.157. The molecule has 0 radical (unpaired) electrons. The Morgan fingerprint density at radius 3 is 2.43 bits per heavy atom. The smallest absolute Gasteiger partial charge is 0.308 e. The van der Waals surface area contributed by atoms with Gasteiger partial charge in [0.25, 0.3) is 0 Å². The van der Waals surface area contributed by atoms with E-state index in [1.54, 1.807) is 32.9 Å². The fourth-order valence-electron chi connectivity index (χ4n) is 1.80. The van der Waals surface area contributed by atoms with Crippen molar-refractivity contribution in [1.29, 1.82) is 0 Å². The van der Waals surface area contributed by atoms with E-state index in [0.717, 1.165) is 5.56 Å². The average molecular weight is 292 g/mol. The Kier molecular flexibility index (Phi) is 6.59. The first-order chi connectivity index (χ1) is 9.76. The van der Waals surface area contributed by atoms with Crippen LogP contribution in [0.2, 0.25) is 0 Å². The Balaban J connectivity index is 2.38. The van der Waals surface area contributed by atoms with Crippen molar-refractivity contribution in [2.45, 2.75) is 51.4 Å². The quantitative estimate of drug-likeness (QED) is 0.791. The Bertz CT molecular complexity index is 459. The minimum absolute atomic E-state index is 0.0998. The van der Waals surface area contributed by atoms with Crippen molar-refractivity contribution in [3.8, 4) is 0 Å². The normalized spacial score (nSPS) is 14.9. The molecule has 0 fully saturated rings.